The van der Waals surface area contributed by atoms with Crippen molar-refractivity contribution in [1.29, 1.82) is 0 Å². The molecule has 5 heterocycles. The number of nitrogens with zero attached hydrogens (tertiary/aromatic N) is 4. The van der Waals surface area contributed by atoms with Crippen LogP contribution in [0.4, 0.5) is 0 Å². The van der Waals surface area contributed by atoms with Crippen molar-refractivity contribution in [3.8, 4) is 0 Å². The fourth-order valence-electron chi connectivity index (χ4n) is 9.08. The van der Waals surface area contributed by atoms with E-state index in [9.17, 15) is 38.4 Å². The van der Waals surface area contributed by atoms with Crippen LogP contribution in [0.5, 0.6) is 0 Å². The summed E-state index contributed by atoms with van der Waals surface area (Å²) < 4.78 is 0. The molecule has 5 fully saturated rings. The maximum Gasteiger partial charge on any atom is 0.246 e. The first-order valence-corrected chi connectivity index (χ1v) is 20.5. The third kappa shape index (κ3) is 9.00. The first kappa shape index (κ1) is 40.4. The number of fused-ring (bicyclic) bond motifs is 4. The molecule has 0 aliphatic carbocycles. The van der Waals surface area contributed by atoms with Gasteiger partial charge in [0.05, 0.1) is 13.1 Å². The Bertz CT molecular complexity index is 1860. The summed E-state index contributed by atoms with van der Waals surface area (Å²) in [6.07, 6.45) is 3.87. The van der Waals surface area contributed by atoms with E-state index < -0.39 is 83.5 Å². The highest BCUT2D eigenvalue weighted by atomic mass is 16.2. The summed E-state index contributed by atoms with van der Waals surface area (Å²) in [6, 6.07) is 12.7. The van der Waals surface area contributed by atoms with Crippen molar-refractivity contribution in [3.63, 3.8) is 0 Å². The number of hydrogen-bond donors (Lipinski definition) is 4. The van der Waals surface area contributed by atoms with Crippen molar-refractivity contribution < 1.29 is 38.4 Å². The molecule has 0 saturated carbocycles. The molecule has 0 aromatic heterocycles. The van der Waals surface area contributed by atoms with Gasteiger partial charge in [-0.25, -0.2) is 0 Å². The largest absolute Gasteiger partial charge is 0.345 e. The zero-order chi connectivity index (χ0) is 40.8. The minimum atomic E-state index is -1.07. The van der Waals surface area contributed by atoms with Crippen LogP contribution in [0.3, 0.4) is 0 Å². The lowest BCUT2D eigenvalue weighted by Gasteiger charge is -2.33. The van der Waals surface area contributed by atoms with Gasteiger partial charge in [-0.05, 0) is 62.5 Å². The van der Waals surface area contributed by atoms with Crippen LogP contribution in [-0.4, -0.2) is 142 Å². The Balaban J connectivity index is 1.19. The smallest absolute Gasteiger partial charge is 0.246 e. The number of hydrogen-bond acceptors (Lipinski definition) is 8. The second-order valence-corrected chi connectivity index (χ2v) is 15.8. The Morgan fingerprint density at radius 2 is 0.759 bits per heavy atom. The zero-order valence-corrected chi connectivity index (χ0v) is 32.6. The van der Waals surface area contributed by atoms with Gasteiger partial charge >= 0.3 is 0 Å². The van der Waals surface area contributed by atoms with E-state index in [0.29, 0.717) is 57.9 Å². The monoisotopic (exact) mass is 796 g/mol. The molecule has 6 atom stereocenters. The molecule has 2 aromatic carbocycles. The summed E-state index contributed by atoms with van der Waals surface area (Å²) in [5.41, 5.74) is 1.57. The van der Waals surface area contributed by atoms with E-state index in [1.165, 1.54) is 19.6 Å². The Labute approximate surface area is 337 Å². The maximum absolute atomic E-state index is 14.5. The molecule has 5 aliphatic rings. The molecule has 0 spiro atoms. The van der Waals surface area contributed by atoms with Crippen molar-refractivity contribution in [1.82, 2.24) is 40.9 Å². The fraction of sp³-hybridized carbons (Fsp3) is 0.524. The van der Waals surface area contributed by atoms with Gasteiger partial charge in [-0.1, -0.05) is 60.7 Å². The van der Waals surface area contributed by atoms with Gasteiger partial charge in [0.2, 0.25) is 47.3 Å². The highest BCUT2D eigenvalue weighted by molar-refractivity contribution is 5.98. The van der Waals surface area contributed by atoms with Gasteiger partial charge in [0.25, 0.3) is 0 Å². The third-order valence-corrected chi connectivity index (χ3v) is 12.1. The van der Waals surface area contributed by atoms with E-state index in [0.717, 1.165) is 11.1 Å². The van der Waals surface area contributed by atoms with Gasteiger partial charge in [0.15, 0.2) is 0 Å². The summed E-state index contributed by atoms with van der Waals surface area (Å²) in [5.74, 6) is -3.88. The quantitative estimate of drug-likeness (QED) is 0.322. The van der Waals surface area contributed by atoms with E-state index >= 15 is 0 Å². The van der Waals surface area contributed by atoms with Crippen LogP contribution < -0.4 is 21.3 Å². The van der Waals surface area contributed by atoms with Gasteiger partial charge in [-0.15, -0.1) is 0 Å². The van der Waals surface area contributed by atoms with Crippen LogP contribution in [0.2, 0.25) is 0 Å². The van der Waals surface area contributed by atoms with Gasteiger partial charge in [-0.3, -0.25) is 38.4 Å². The predicted octanol–water partition coefficient (Wildman–Crippen LogP) is -0.349. The summed E-state index contributed by atoms with van der Waals surface area (Å²) >= 11 is 0. The van der Waals surface area contributed by atoms with Gasteiger partial charge in [-0.2, -0.15) is 0 Å². The first-order valence-electron chi connectivity index (χ1n) is 20.5. The Morgan fingerprint density at radius 3 is 1.16 bits per heavy atom. The summed E-state index contributed by atoms with van der Waals surface area (Å²) in [7, 11) is 0. The average molecular weight is 797 g/mol. The van der Waals surface area contributed by atoms with Gasteiger partial charge < -0.3 is 40.9 Å². The van der Waals surface area contributed by atoms with Crippen molar-refractivity contribution in [2.75, 3.05) is 39.3 Å². The average Bonchev–Trinajstić information content (AvgIpc) is 4.08. The summed E-state index contributed by atoms with van der Waals surface area (Å²) in [4.78, 5) is 117. The highest BCUT2D eigenvalue weighted by Crippen LogP contribution is 2.25. The number of rotatable bonds is 4. The lowest BCUT2D eigenvalue weighted by Crippen LogP contribution is -2.59. The normalized spacial score (nSPS) is 28.2. The highest BCUT2D eigenvalue weighted by Gasteiger charge is 2.43. The number of nitrogens with one attached hydrogen (secondary N) is 4. The molecule has 8 amide bonds. The minimum Gasteiger partial charge on any atom is -0.345 e. The second kappa shape index (κ2) is 18.2. The maximum atomic E-state index is 14.5. The molecular formula is C42H52N8O8. The molecule has 58 heavy (non-hydrogen) atoms. The molecule has 308 valence electrons. The van der Waals surface area contributed by atoms with E-state index in [1.54, 1.807) is 0 Å². The van der Waals surface area contributed by atoms with E-state index in [2.05, 4.69) is 21.3 Å². The van der Waals surface area contributed by atoms with Crippen molar-refractivity contribution in [3.05, 3.63) is 71.8 Å². The zero-order valence-electron chi connectivity index (χ0n) is 32.6. The summed E-state index contributed by atoms with van der Waals surface area (Å²) in [5, 5.41) is 11.2. The van der Waals surface area contributed by atoms with E-state index in [1.807, 2.05) is 60.7 Å². The SMILES string of the molecule is O=C1NCC(=O)N2CCC[C@H]2C(=O)N[C@@H](Cc2ccccc2)C(=O)N2CCC[C@H]2C(=O)N[C@@H](Cc2ccccc2)C(=O)N2CCC[C@H]2C(=O)NCC(=O)N2CCC[C@@H]12. The molecule has 16 nitrogen and oxygen atoms in total. The van der Waals surface area contributed by atoms with E-state index in [-0.39, 0.29) is 45.6 Å². The number of carbonyl (C=O) groups is 8. The molecule has 0 unspecified atom stereocenters. The van der Waals surface area contributed by atoms with Crippen LogP contribution in [0.25, 0.3) is 0 Å². The number of carbonyl (C=O) groups excluding carboxylic acids is 8. The molecule has 7 rings (SSSR count). The van der Waals surface area contributed by atoms with E-state index in [4.69, 9.17) is 0 Å². The Morgan fingerprint density at radius 1 is 0.431 bits per heavy atom. The van der Waals surface area contributed by atoms with Crippen LogP contribution in [0, 0.1) is 0 Å². The lowest BCUT2D eigenvalue weighted by atomic mass is 10.0. The van der Waals surface area contributed by atoms with Crippen molar-refractivity contribution in [2.45, 2.75) is 100 Å². The molecular weight excluding hydrogens is 745 g/mol. The molecule has 0 radical (unpaired) electrons. The molecule has 16 heteroatoms. The summed E-state index contributed by atoms with van der Waals surface area (Å²) in [6.45, 7) is 0.344. The molecule has 2 aromatic rings. The van der Waals surface area contributed by atoms with Crippen LogP contribution in [0.15, 0.2) is 60.7 Å². The standard InChI is InChI=1S/C42H52N8O8/c51-35-25-44-38(54)32-16-9-21-49(32)41(57)29(23-27-11-3-1-4-12-27)46-40(56)34-18-10-22-50(34)42(58)30(24-28-13-5-2-6-14-28)45-39(55)33-17-8-20-48(33)36(52)26-43-37(53)31-15-7-19-47(31)35/h1-6,11-14,29-34H,7-10,15-26H2,(H,43,53)(H,44,54)(H,45,55)(H,46,56)/t29-,30-,31-,32-,33-,34-/m0/s1. The molecule has 5 aliphatic heterocycles. The Kier molecular flexibility index (Phi) is 12.7. The molecule has 0 bridgehead atoms. The van der Waals surface area contributed by atoms with Crippen LogP contribution in [-0.2, 0) is 51.2 Å². The van der Waals surface area contributed by atoms with Gasteiger partial charge in [0, 0.05) is 39.0 Å². The molecule has 5 saturated heterocycles. The first-order chi connectivity index (χ1) is 28.1. The predicted molar refractivity (Wildman–Crippen MR) is 209 cm³/mol. The Hall–Kier alpha value is -5.80. The van der Waals surface area contributed by atoms with Gasteiger partial charge in [0.1, 0.15) is 36.3 Å². The van der Waals surface area contributed by atoms with Crippen molar-refractivity contribution >= 4 is 47.3 Å². The number of benzene rings is 2. The minimum absolute atomic E-state index is 0.136. The lowest BCUT2D eigenvalue weighted by molar-refractivity contribution is -0.145. The second-order valence-electron chi connectivity index (χ2n) is 15.8. The molecule has 4 N–H and O–H groups in total. The van der Waals surface area contributed by atoms with Crippen molar-refractivity contribution in [2.24, 2.45) is 0 Å². The topological polar surface area (TPSA) is 198 Å². The third-order valence-electron chi connectivity index (χ3n) is 12.1. The van der Waals surface area contributed by atoms with Crippen LogP contribution >= 0.6 is 0 Å². The van der Waals surface area contributed by atoms with Crippen LogP contribution in [0.1, 0.15) is 62.5 Å². The fourth-order valence-corrected chi connectivity index (χ4v) is 9.08. The number of amides is 8.